The molecule has 0 aliphatic rings. The van der Waals surface area contributed by atoms with Gasteiger partial charge in [-0.25, -0.2) is 9.78 Å². The smallest absolute Gasteiger partial charge is 0.347 e. The van der Waals surface area contributed by atoms with Crippen molar-refractivity contribution in [1.82, 2.24) is 25.2 Å². The van der Waals surface area contributed by atoms with E-state index in [4.69, 9.17) is 5.11 Å². The van der Waals surface area contributed by atoms with Gasteiger partial charge in [0.05, 0.1) is 12.7 Å². The Kier molecular flexibility index (Phi) is 3.15. The number of hydrogen-bond acceptors (Lipinski definition) is 7. The predicted molar refractivity (Wildman–Crippen MR) is 56.7 cm³/mol. The third-order valence-electron chi connectivity index (χ3n) is 1.59. The van der Waals surface area contributed by atoms with Crippen molar-refractivity contribution in [3.8, 4) is 0 Å². The number of hydrogen-bond donors (Lipinski definition) is 1. The molecule has 0 spiro atoms. The Bertz CT molecular complexity index is 508. The van der Waals surface area contributed by atoms with Gasteiger partial charge in [-0.2, -0.15) is 4.80 Å². The van der Waals surface area contributed by atoms with E-state index in [0.29, 0.717) is 16.0 Å². The zero-order valence-electron chi connectivity index (χ0n) is 8.19. The monoisotopic (exact) mass is 257 g/mol. The lowest BCUT2D eigenvalue weighted by molar-refractivity contribution is 0.0702. The number of carboxylic acid groups (broad SMARTS) is 1. The van der Waals surface area contributed by atoms with Crippen LogP contribution in [0.1, 0.15) is 16.6 Å². The van der Waals surface area contributed by atoms with Crippen LogP contribution in [-0.4, -0.2) is 36.3 Å². The summed E-state index contributed by atoms with van der Waals surface area (Å²) in [6.07, 6.45) is 1.32. The minimum atomic E-state index is -0.977. The number of aromatic nitrogens is 5. The van der Waals surface area contributed by atoms with Crippen molar-refractivity contribution in [1.29, 1.82) is 0 Å². The Morgan fingerprint density at radius 3 is 3.06 bits per heavy atom. The molecule has 7 nitrogen and oxygen atoms in total. The predicted octanol–water partition coefficient (Wildman–Crippen LogP) is 0.999. The van der Waals surface area contributed by atoms with Crippen LogP contribution in [0.4, 0.5) is 0 Å². The quantitative estimate of drug-likeness (QED) is 0.873. The fraction of sp³-hybridized carbons (Fsp3) is 0.286. The van der Waals surface area contributed by atoms with E-state index in [0.717, 1.165) is 11.3 Å². The molecule has 0 amide bonds. The van der Waals surface area contributed by atoms with Crippen molar-refractivity contribution in [2.24, 2.45) is 0 Å². The highest BCUT2D eigenvalue weighted by Gasteiger charge is 2.11. The van der Waals surface area contributed by atoms with Crippen LogP contribution in [0.5, 0.6) is 0 Å². The van der Waals surface area contributed by atoms with Crippen LogP contribution < -0.4 is 0 Å². The van der Waals surface area contributed by atoms with Gasteiger partial charge in [0.25, 0.3) is 0 Å². The molecular formula is C7H7N5O2S2. The Hall–Kier alpha value is -1.48. The minimum absolute atomic E-state index is 0.199. The minimum Gasteiger partial charge on any atom is -0.477 e. The van der Waals surface area contributed by atoms with Crippen molar-refractivity contribution in [3.05, 3.63) is 11.1 Å². The number of tetrazole rings is 1. The van der Waals surface area contributed by atoms with Crippen molar-refractivity contribution in [3.63, 3.8) is 0 Å². The summed E-state index contributed by atoms with van der Waals surface area (Å²) in [5.74, 6) is -0.977. The normalized spacial score (nSPS) is 10.6. The number of aryl methyl sites for hydroxylation is 1. The van der Waals surface area contributed by atoms with Crippen molar-refractivity contribution in [2.45, 2.75) is 23.0 Å². The molecule has 0 aliphatic heterocycles. The molecule has 2 heterocycles. The summed E-state index contributed by atoms with van der Waals surface area (Å²) in [6.45, 7) is 2.55. The first kappa shape index (κ1) is 11.0. The number of rotatable bonds is 4. The Morgan fingerprint density at radius 2 is 2.50 bits per heavy atom. The molecule has 0 fully saturated rings. The summed E-state index contributed by atoms with van der Waals surface area (Å²) in [4.78, 5) is 16.2. The average Bonchev–Trinajstić information content (AvgIpc) is 2.87. The van der Waals surface area contributed by atoms with E-state index >= 15 is 0 Å². The Morgan fingerprint density at radius 1 is 1.69 bits per heavy atom. The number of aromatic carboxylic acids is 1. The molecule has 0 radical (unpaired) electrons. The van der Waals surface area contributed by atoms with Crippen LogP contribution >= 0.6 is 23.1 Å². The highest BCUT2D eigenvalue weighted by Crippen LogP contribution is 2.28. The summed E-state index contributed by atoms with van der Waals surface area (Å²) < 4.78 is 0.591. The van der Waals surface area contributed by atoms with Crippen LogP contribution in [0.2, 0.25) is 0 Å². The highest BCUT2D eigenvalue weighted by molar-refractivity contribution is 8.00. The summed E-state index contributed by atoms with van der Waals surface area (Å²) in [6, 6.07) is 0. The number of nitrogens with zero attached hydrogens (tertiary/aromatic N) is 5. The Balaban J connectivity index is 2.11. The highest BCUT2D eigenvalue weighted by atomic mass is 32.2. The van der Waals surface area contributed by atoms with Gasteiger partial charge in [-0.15, -0.1) is 21.5 Å². The molecule has 0 bridgehead atoms. The summed E-state index contributed by atoms with van der Waals surface area (Å²) in [7, 11) is 0. The van der Waals surface area contributed by atoms with Gasteiger partial charge in [0.2, 0.25) is 5.16 Å². The van der Waals surface area contributed by atoms with E-state index in [1.54, 1.807) is 0 Å². The van der Waals surface area contributed by atoms with E-state index in [1.807, 2.05) is 6.92 Å². The molecule has 1 N–H and O–H groups in total. The zero-order valence-corrected chi connectivity index (χ0v) is 9.83. The maximum atomic E-state index is 10.6. The first-order valence-electron chi connectivity index (χ1n) is 4.34. The van der Waals surface area contributed by atoms with Crippen molar-refractivity contribution >= 4 is 29.1 Å². The number of thiazole rings is 1. The third-order valence-corrected chi connectivity index (χ3v) is 3.50. The third kappa shape index (κ3) is 2.36. The molecule has 0 aromatic carbocycles. The van der Waals surface area contributed by atoms with Gasteiger partial charge in [0.1, 0.15) is 4.88 Å². The summed E-state index contributed by atoms with van der Waals surface area (Å²) in [5.41, 5.74) is 0. The summed E-state index contributed by atoms with van der Waals surface area (Å²) >= 11 is 2.29. The molecule has 2 rings (SSSR count). The Labute approximate surface area is 98.5 Å². The van der Waals surface area contributed by atoms with Gasteiger partial charge in [-0.3, -0.25) is 0 Å². The molecule has 0 unspecified atom stereocenters. The standard InChI is InChI=1S/C7H7N5O2S2/c1-2-12-10-6(9-11-12)16-7-8-3-4(15-7)5(13)14/h3H,2H2,1H3,(H,13,14). The van der Waals surface area contributed by atoms with Gasteiger partial charge in [0, 0.05) is 0 Å². The molecule has 2 aromatic heterocycles. The van der Waals surface area contributed by atoms with E-state index < -0.39 is 5.97 Å². The molecule has 9 heteroatoms. The number of carboxylic acids is 1. The van der Waals surface area contributed by atoms with E-state index in [2.05, 4.69) is 20.4 Å². The van der Waals surface area contributed by atoms with Gasteiger partial charge in [-0.1, -0.05) is 0 Å². The lowest BCUT2D eigenvalue weighted by Gasteiger charge is -1.87. The first-order valence-corrected chi connectivity index (χ1v) is 5.97. The molecule has 84 valence electrons. The SMILES string of the molecule is CCn1nnc(Sc2ncc(C(=O)O)s2)n1. The second kappa shape index (κ2) is 4.58. The second-order valence-corrected chi connectivity index (χ2v) is 4.90. The number of carbonyl (C=O) groups is 1. The van der Waals surface area contributed by atoms with Gasteiger partial charge in [-0.05, 0) is 23.9 Å². The molecule has 16 heavy (non-hydrogen) atoms. The van der Waals surface area contributed by atoms with Crippen molar-refractivity contribution < 1.29 is 9.90 Å². The van der Waals surface area contributed by atoms with Gasteiger partial charge >= 0.3 is 5.97 Å². The molecule has 2 aromatic rings. The van der Waals surface area contributed by atoms with Gasteiger partial charge in [0.15, 0.2) is 4.34 Å². The van der Waals surface area contributed by atoms with Crippen LogP contribution in [0.3, 0.4) is 0 Å². The van der Waals surface area contributed by atoms with E-state index in [9.17, 15) is 4.79 Å². The topological polar surface area (TPSA) is 93.8 Å². The van der Waals surface area contributed by atoms with Crippen LogP contribution in [-0.2, 0) is 6.54 Å². The molecular weight excluding hydrogens is 250 g/mol. The van der Waals surface area contributed by atoms with E-state index in [-0.39, 0.29) is 4.88 Å². The second-order valence-electron chi connectivity index (χ2n) is 2.66. The van der Waals surface area contributed by atoms with Crippen LogP contribution in [0.25, 0.3) is 0 Å². The molecule has 0 atom stereocenters. The fourth-order valence-electron chi connectivity index (χ4n) is 0.886. The fourth-order valence-corrected chi connectivity index (χ4v) is 2.51. The molecule has 0 saturated heterocycles. The lowest BCUT2D eigenvalue weighted by atomic mass is 10.6. The van der Waals surface area contributed by atoms with Crippen molar-refractivity contribution in [2.75, 3.05) is 0 Å². The maximum Gasteiger partial charge on any atom is 0.347 e. The largest absolute Gasteiger partial charge is 0.477 e. The first-order chi connectivity index (χ1) is 7.69. The molecule has 0 aliphatic carbocycles. The van der Waals surface area contributed by atoms with Crippen LogP contribution in [0.15, 0.2) is 15.7 Å². The summed E-state index contributed by atoms with van der Waals surface area (Å²) in [5, 5.41) is 20.8. The lowest BCUT2D eigenvalue weighted by Crippen LogP contribution is -1.98. The van der Waals surface area contributed by atoms with Crippen LogP contribution in [0, 0.1) is 0 Å². The van der Waals surface area contributed by atoms with Gasteiger partial charge < -0.3 is 5.11 Å². The molecule has 0 saturated carbocycles. The average molecular weight is 257 g/mol. The zero-order chi connectivity index (χ0) is 11.5. The van der Waals surface area contributed by atoms with E-state index in [1.165, 1.54) is 22.8 Å². The maximum absolute atomic E-state index is 10.6.